The fourth-order valence-corrected chi connectivity index (χ4v) is 4.56. The number of anilines is 1. The third-order valence-corrected chi connectivity index (χ3v) is 6.41. The molecule has 2 fully saturated rings. The third-order valence-electron chi connectivity index (χ3n) is 5.88. The van der Waals surface area contributed by atoms with Crippen molar-refractivity contribution in [2.45, 2.75) is 25.3 Å². The van der Waals surface area contributed by atoms with Gasteiger partial charge in [0.1, 0.15) is 11.9 Å². The van der Waals surface area contributed by atoms with E-state index in [-0.39, 0.29) is 18.0 Å². The van der Waals surface area contributed by atoms with Crippen LogP contribution in [0, 0.1) is 0 Å². The van der Waals surface area contributed by atoms with Gasteiger partial charge in [0.05, 0.1) is 17.4 Å². The summed E-state index contributed by atoms with van der Waals surface area (Å²) in [4.78, 5) is 40.6. The second-order valence-corrected chi connectivity index (χ2v) is 8.88. The first-order valence-corrected chi connectivity index (χ1v) is 11.5. The van der Waals surface area contributed by atoms with Crippen LogP contribution in [-0.2, 0) is 4.79 Å². The molecule has 3 aromatic rings. The summed E-state index contributed by atoms with van der Waals surface area (Å²) in [5.41, 5.74) is 3.44. The number of halogens is 1. The quantitative estimate of drug-likeness (QED) is 0.507. The topological polar surface area (TPSA) is 93.7 Å². The van der Waals surface area contributed by atoms with Gasteiger partial charge in [-0.2, -0.15) is 0 Å². The molecule has 164 valence electrons. The molecule has 0 bridgehead atoms. The molecule has 0 radical (unpaired) electrons. The number of amidine groups is 1. The summed E-state index contributed by atoms with van der Waals surface area (Å²) in [5.74, 6) is 0.842. The summed E-state index contributed by atoms with van der Waals surface area (Å²) < 4.78 is 0.970. The number of urea groups is 1. The van der Waals surface area contributed by atoms with Crippen LogP contribution in [-0.4, -0.2) is 52.3 Å². The van der Waals surface area contributed by atoms with Gasteiger partial charge in [0.15, 0.2) is 0 Å². The standard InChI is InChI=1S/C23H23BrN6O2/c24-16-6-4-15(5-7-16)21-22(25-10-2-12-29-11-1-3-20(29)31)28-23(32)30(21)17-8-9-18-19(13-17)27-14-26-18/h4-9,13-14,21H,1-3,10-12H2,(H,26,27)(H,25,28,32). The zero-order valence-corrected chi connectivity index (χ0v) is 19.0. The molecule has 1 unspecified atom stereocenters. The van der Waals surface area contributed by atoms with Gasteiger partial charge in [-0.1, -0.05) is 28.1 Å². The van der Waals surface area contributed by atoms with Gasteiger partial charge in [0, 0.05) is 36.2 Å². The molecule has 0 saturated carbocycles. The Hall–Kier alpha value is -3.20. The summed E-state index contributed by atoms with van der Waals surface area (Å²) >= 11 is 3.48. The second kappa shape index (κ2) is 8.74. The SMILES string of the molecule is O=C1CCCN1CCC/N=C1/NC(=O)N(c2ccc3nc[nH]c3c2)C1c1ccc(Br)cc1. The number of nitrogens with one attached hydrogen (secondary N) is 2. The number of aliphatic imine (C=N–C) groups is 1. The molecule has 8 nitrogen and oxygen atoms in total. The highest BCUT2D eigenvalue weighted by molar-refractivity contribution is 9.10. The number of aromatic nitrogens is 2. The lowest BCUT2D eigenvalue weighted by molar-refractivity contribution is -0.127. The van der Waals surface area contributed by atoms with E-state index in [1.54, 1.807) is 11.2 Å². The molecule has 1 aromatic heterocycles. The van der Waals surface area contributed by atoms with Gasteiger partial charge in [-0.15, -0.1) is 0 Å². The van der Waals surface area contributed by atoms with Crippen LogP contribution in [0.5, 0.6) is 0 Å². The zero-order valence-electron chi connectivity index (χ0n) is 17.4. The predicted molar refractivity (Wildman–Crippen MR) is 127 cm³/mol. The van der Waals surface area contributed by atoms with Gasteiger partial charge in [0.25, 0.3) is 0 Å². The number of amides is 3. The first-order chi connectivity index (χ1) is 15.6. The van der Waals surface area contributed by atoms with E-state index in [9.17, 15) is 9.59 Å². The van der Waals surface area contributed by atoms with Crippen molar-refractivity contribution in [3.05, 3.63) is 58.8 Å². The van der Waals surface area contributed by atoms with Crippen molar-refractivity contribution < 1.29 is 9.59 Å². The Morgan fingerprint density at radius 3 is 2.78 bits per heavy atom. The van der Waals surface area contributed by atoms with E-state index in [1.165, 1.54) is 0 Å². The van der Waals surface area contributed by atoms with Crippen LogP contribution >= 0.6 is 15.9 Å². The minimum absolute atomic E-state index is 0.217. The van der Waals surface area contributed by atoms with Crippen LogP contribution < -0.4 is 10.2 Å². The largest absolute Gasteiger partial charge is 0.345 e. The van der Waals surface area contributed by atoms with E-state index in [1.807, 2.05) is 47.4 Å². The predicted octanol–water partition coefficient (Wildman–Crippen LogP) is 4.01. The molecule has 2 N–H and O–H groups in total. The molecule has 9 heteroatoms. The number of carbonyl (C=O) groups excluding carboxylic acids is 2. The van der Waals surface area contributed by atoms with Gasteiger partial charge in [0.2, 0.25) is 5.91 Å². The molecule has 1 atom stereocenters. The fourth-order valence-electron chi connectivity index (χ4n) is 4.30. The van der Waals surface area contributed by atoms with E-state index >= 15 is 0 Å². The number of benzene rings is 2. The van der Waals surface area contributed by atoms with Crippen LogP contribution in [0.25, 0.3) is 11.0 Å². The summed E-state index contributed by atoms with van der Waals surface area (Å²) in [5, 5.41) is 2.96. The smallest absolute Gasteiger partial charge is 0.328 e. The Morgan fingerprint density at radius 2 is 2.00 bits per heavy atom. The van der Waals surface area contributed by atoms with Crippen LogP contribution in [0.3, 0.4) is 0 Å². The molecule has 2 aliphatic rings. The molecule has 2 saturated heterocycles. The maximum absolute atomic E-state index is 13.0. The minimum Gasteiger partial charge on any atom is -0.345 e. The van der Waals surface area contributed by atoms with Crippen LogP contribution in [0.1, 0.15) is 30.9 Å². The second-order valence-electron chi connectivity index (χ2n) is 7.96. The van der Waals surface area contributed by atoms with Gasteiger partial charge >= 0.3 is 6.03 Å². The molecule has 0 aliphatic carbocycles. The van der Waals surface area contributed by atoms with Crippen molar-refractivity contribution in [1.29, 1.82) is 0 Å². The maximum Gasteiger partial charge on any atom is 0.328 e. The lowest BCUT2D eigenvalue weighted by atomic mass is 10.0. The van der Waals surface area contributed by atoms with Crippen LogP contribution in [0.2, 0.25) is 0 Å². The molecule has 0 spiro atoms. The minimum atomic E-state index is -0.357. The third kappa shape index (κ3) is 4.00. The molecular weight excluding hydrogens is 472 g/mol. The number of rotatable bonds is 6. The summed E-state index contributed by atoms with van der Waals surface area (Å²) in [7, 11) is 0. The number of likely N-dealkylation sites (tertiary alicyclic amines) is 1. The van der Waals surface area contributed by atoms with Gasteiger partial charge in [-0.05, 0) is 48.7 Å². The molecule has 5 rings (SSSR count). The molecule has 3 heterocycles. The Kier molecular flexibility index (Phi) is 5.65. The van der Waals surface area contributed by atoms with Gasteiger partial charge < -0.3 is 9.88 Å². The summed E-state index contributed by atoms with van der Waals surface area (Å²) in [6, 6.07) is 13.1. The van der Waals surface area contributed by atoms with E-state index < -0.39 is 0 Å². The maximum atomic E-state index is 13.0. The highest BCUT2D eigenvalue weighted by atomic mass is 79.9. The molecule has 2 aromatic carbocycles. The van der Waals surface area contributed by atoms with Crippen LogP contribution in [0.15, 0.2) is 58.3 Å². The summed E-state index contributed by atoms with van der Waals surface area (Å²) in [6.07, 6.45) is 3.98. The van der Waals surface area contributed by atoms with E-state index in [4.69, 9.17) is 4.99 Å². The van der Waals surface area contributed by atoms with Crippen molar-refractivity contribution in [1.82, 2.24) is 20.2 Å². The number of aromatic amines is 1. The van der Waals surface area contributed by atoms with Crippen molar-refractivity contribution in [2.75, 3.05) is 24.5 Å². The molecule has 3 amide bonds. The lowest BCUT2D eigenvalue weighted by Gasteiger charge is -2.23. The monoisotopic (exact) mass is 494 g/mol. The van der Waals surface area contributed by atoms with Crippen molar-refractivity contribution >= 4 is 50.4 Å². The number of H-pyrrole nitrogens is 1. The van der Waals surface area contributed by atoms with E-state index in [2.05, 4.69) is 31.2 Å². The lowest BCUT2D eigenvalue weighted by Crippen LogP contribution is -2.29. The molecule has 32 heavy (non-hydrogen) atoms. The van der Waals surface area contributed by atoms with Crippen molar-refractivity contribution in [3.63, 3.8) is 0 Å². The van der Waals surface area contributed by atoms with Crippen molar-refractivity contribution in [2.24, 2.45) is 4.99 Å². The van der Waals surface area contributed by atoms with Gasteiger partial charge in [-0.3, -0.25) is 20.0 Å². The highest BCUT2D eigenvalue weighted by Gasteiger charge is 2.38. The number of fused-ring (bicyclic) bond motifs is 1. The van der Waals surface area contributed by atoms with Gasteiger partial charge in [-0.25, -0.2) is 9.78 Å². The number of imidazole rings is 1. The van der Waals surface area contributed by atoms with Crippen LogP contribution in [0.4, 0.5) is 10.5 Å². The zero-order chi connectivity index (χ0) is 22.1. The Bertz CT molecular complexity index is 1190. The Balaban J connectivity index is 1.42. The normalized spacial score (nSPS) is 20.0. The Morgan fingerprint density at radius 1 is 1.16 bits per heavy atom. The van der Waals surface area contributed by atoms with E-state index in [0.717, 1.165) is 46.1 Å². The molecule has 2 aliphatic heterocycles. The average Bonchev–Trinajstić information content (AvgIpc) is 3.50. The van der Waals surface area contributed by atoms with E-state index in [0.29, 0.717) is 25.3 Å². The Labute approximate surface area is 193 Å². The number of hydrogen-bond donors (Lipinski definition) is 2. The number of nitrogens with zero attached hydrogens (tertiary/aromatic N) is 4. The first kappa shape index (κ1) is 20.7. The summed E-state index contributed by atoms with van der Waals surface area (Å²) in [6.45, 7) is 2.07. The first-order valence-electron chi connectivity index (χ1n) is 10.7. The van der Waals surface area contributed by atoms with Crippen molar-refractivity contribution in [3.8, 4) is 0 Å². The average molecular weight is 495 g/mol. The number of carbonyl (C=O) groups is 2. The number of hydrogen-bond acceptors (Lipinski definition) is 4. The highest BCUT2D eigenvalue weighted by Crippen LogP contribution is 2.34. The molecular formula is C23H23BrN6O2. The fraction of sp³-hybridized carbons (Fsp3) is 0.304.